The van der Waals surface area contributed by atoms with E-state index in [2.05, 4.69) is 28.4 Å². The Morgan fingerprint density at radius 2 is 1.81 bits per heavy atom. The lowest BCUT2D eigenvalue weighted by molar-refractivity contribution is 0.360. The van der Waals surface area contributed by atoms with Crippen LogP contribution < -0.4 is 17.2 Å². The Morgan fingerprint density at radius 3 is 2.48 bits per heavy atom. The van der Waals surface area contributed by atoms with Crippen molar-refractivity contribution in [3.63, 3.8) is 0 Å². The summed E-state index contributed by atoms with van der Waals surface area (Å²) in [5, 5.41) is 0. The zero-order chi connectivity index (χ0) is 15.1. The summed E-state index contributed by atoms with van der Waals surface area (Å²) in [5.74, 6) is 1.73. The second-order valence-corrected chi connectivity index (χ2v) is 6.13. The minimum absolute atomic E-state index is 0.139. The summed E-state index contributed by atoms with van der Waals surface area (Å²) in [7, 11) is 0. The Kier molecular flexibility index (Phi) is 3.44. The molecule has 2 aromatic heterocycles. The minimum atomic E-state index is 0.139. The molecule has 2 heterocycles. The van der Waals surface area contributed by atoms with Crippen molar-refractivity contribution >= 4 is 22.9 Å². The first kappa shape index (κ1) is 14.1. The van der Waals surface area contributed by atoms with Gasteiger partial charge in [0.2, 0.25) is 5.95 Å². The second-order valence-electron chi connectivity index (χ2n) is 6.13. The molecule has 6 N–H and O–H groups in total. The Labute approximate surface area is 123 Å². The van der Waals surface area contributed by atoms with Crippen molar-refractivity contribution in [2.24, 2.45) is 5.73 Å². The molecule has 0 radical (unpaired) electrons. The van der Waals surface area contributed by atoms with Crippen molar-refractivity contribution in [1.82, 2.24) is 19.5 Å². The van der Waals surface area contributed by atoms with Gasteiger partial charge in [0.25, 0.3) is 0 Å². The van der Waals surface area contributed by atoms with E-state index in [1.54, 1.807) is 0 Å². The van der Waals surface area contributed by atoms with Crippen LogP contribution in [0, 0.1) is 0 Å². The van der Waals surface area contributed by atoms with Crippen molar-refractivity contribution < 1.29 is 0 Å². The molecule has 2 unspecified atom stereocenters. The number of anilines is 2. The van der Waals surface area contributed by atoms with Crippen LogP contribution in [0.15, 0.2) is 0 Å². The summed E-state index contributed by atoms with van der Waals surface area (Å²) in [5.41, 5.74) is 19.4. The average Bonchev–Trinajstić information content (AvgIpc) is 2.78. The molecule has 1 saturated carbocycles. The van der Waals surface area contributed by atoms with Crippen LogP contribution in [0.3, 0.4) is 0 Å². The summed E-state index contributed by atoms with van der Waals surface area (Å²) in [6.45, 7) is 4.21. The molecule has 114 valence electrons. The first-order chi connectivity index (χ1) is 9.99. The highest BCUT2D eigenvalue weighted by Crippen LogP contribution is 2.35. The molecule has 0 aromatic carbocycles. The van der Waals surface area contributed by atoms with Crippen LogP contribution in [0.5, 0.6) is 0 Å². The van der Waals surface area contributed by atoms with Gasteiger partial charge in [0.1, 0.15) is 5.82 Å². The molecular weight excluding hydrogens is 266 g/mol. The zero-order valence-corrected chi connectivity index (χ0v) is 12.6. The third-order valence-corrected chi connectivity index (χ3v) is 4.28. The van der Waals surface area contributed by atoms with Crippen molar-refractivity contribution in [1.29, 1.82) is 0 Å². The number of nitrogens with two attached hydrogens (primary N) is 3. The zero-order valence-electron chi connectivity index (χ0n) is 12.6. The highest BCUT2D eigenvalue weighted by molar-refractivity contribution is 5.83. The largest absolute Gasteiger partial charge is 0.382 e. The fraction of sp³-hybridized carbons (Fsp3) is 0.643. The number of fused-ring (bicyclic) bond motifs is 1. The summed E-state index contributed by atoms with van der Waals surface area (Å²) < 4.78 is 2.11. The maximum Gasteiger partial charge on any atom is 0.224 e. The molecule has 2 atom stereocenters. The van der Waals surface area contributed by atoms with E-state index in [1.807, 2.05) is 0 Å². The summed E-state index contributed by atoms with van der Waals surface area (Å²) in [6.07, 6.45) is 4.47. The molecule has 7 nitrogen and oxygen atoms in total. The topological polar surface area (TPSA) is 122 Å². The van der Waals surface area contributed by atoms with Crippen molar-refractivity contribution in [3.8, 4) is 0 Å². The van der Waals surface area contributed by atoms with Gasteiger partial charge in [0.05, 0.1) is 0 Å². The highest BCUT2D eigenvalue weighted by atomic mass is 15.2. The lowest BCUT2D eigenvalue weighted by atomic mass is 9.84. The third-order valence-electron chi connectivity index (χ3n) is 4.28. The van der Waals surface area contributed by atoms with Crippen LogP contribution in [0.4, 0.5) is 11.8 Å². The molecule has 0 aliphatic heterocycles. The smallest absolute Gasteiger partial charge is 0.224 e. The van der Waals surface area contributed by atoms with Gasteiger partial charge in [-0.1, -0.05) is 12.8 Å². The van der Waals surface area contributed by atoms with Crippen LogP contribution in [-0.4, -0.2) is 25.6 Å². The maximum atomic E-state index is 6.32. The van der Waals surface area contributed by atoms with E-state index in [0.29, 0.717) is 17.0 Å². The van der Waals surface area contributed by atoms with Gasteiger partial charge < -0.3 is 21.8 Å². The molecule has 3 rings (SSSR count). The van der Waals surface area contributed by atoms with E-state index in [-0.39, 0.29) is 23.9 Å². The Bertz CT molecular complexity index is 661. The lowest BCUT2D eigenvalue weighted by Gasteiger charge is -2.29. The Balaban J connectivity index is 2.22. The van der Waals surface area contributed by atoms with Crippen molar-refractivity contribution in [3.05, 3.63) is 5.82 Å². The van der Waals surface area contributed by atoms with Crippen LogP contribution >= 0.6 is 0 Å². The number of nitrogens with zero attached hydrogens (tertiary/aromatic N) is 4. The quantitative estimate of drug-likeness (QED) is 0.771. The van der Waals surface area contributed by atoms with Gasteiger partial charge in [-0.2, -0.15) is 9.97 Å². The standard InChI is InChI=1S/C14H23N7/c1-7(2)21-12(8-5-3-4-6-9(8)15)18-10-11(16)19-14(17)20-13(10)21/h7-9H,3-6,15H2,1-2H3,(H4,16,17,19,20). The fourth-order valence-electron chi connectivity index (χ4n) is 3.28. The molecule has 1 aliphatic carbocycles. The molecule has 0 saturated heterocycles. The highest BCUT2D eigenvalue weighted by Gasteiger charge is 2.30. The summed E-state index contributed by atoms with van der Waals surface area (Å²) >= 11 is 0. The van der Waals surface area contributed by atoms with E-state index in [1.165, 1.54) is 12.8 Å². The molecule has 0 spiro atoms. The minimum Gasteiger partial charge on any atom is -0.382 e. The number of hydrogen-bond donors (Lipinski definition) is 3. The van der Waals surface area contributed by atoms with Crippen LogP contribution in [-0.2, 0) is 0 Å². The molecule has 7 heteroatoms. The predicted octanol–water partition coefficient (Wildman–Crippen LogP) is 1.56. The summed E-state index contributed by atoms with van der Waals surface area (Å²) in [4.78, 5) is 13.1. The normalized spacial score (nSPS) is 23.0. The predicted molar refractivity (Wildman–Crippen MR) is 83.7 cm³/mol. The van der Waals surface area contributed by atoms with E-state index in [0.717, 1.165) is 18.7 Å². The number of nitrogen functional groups attached to an aromatic ring is 2. The molecular formula is C14H23N7. The van der Waals surface area contributed by atoms with Gasteiger partial charge in [0, 0.05) is 18.0 Å². The second kappa shape index (κ2) is 5.14. The van der Waals surface area contributed by atoms with Gasteiger partial charge in [0.15, 0.2) is 17.0 Å². The number of hydrogen-bond acceptors (Lipinski definition) is 6. The van der Waals surface area contributed by atoms with Crippen LogP contribution in [0.1, 0.15) is 57.3 Å². The van der Waals surface area contributed by atoms with Gasteiger partial charge in [-0.15, -0.1) is 0 Å². The van der Waals surface area contributed by atoms with Crippen molar-refractivity contribution in [2.45, 2.75) is 57.5 Å². The van der Waals surface area contributed by atoms with Crippen LogP contribution in [0.25, 0.3) is 11.2 Å². The molecule has 0 bridgehead atoms. The van der Waals surface area contributed by atoms with Gasteiger partial charge in [-0.05, 0) is 26.7 Å². The first-order valence-corrected chi connectivity index (χ1v) is 7.55. The number of aromatic nitrogens is 4. The van der Waals surface area contributed by atoms with E-state index in [9.17, 15) is 0 Å². The van der Waals surface area contributed by atoms with E-state index >= 15 is 0 Å². The number of imidazole rings is 1. The van der Waals surface area contributed by atoms with Gasteiger partial charge >= 0.3 is 0 Å². The van der Waals surface area contributed by atoms with Crippen molar-refractivity contribution in [2.75, 3.05) is 11.5 Å². The molecule has 1 fully saturated rings. The molecule has 21 heavy (non-hydrogen) atoms. The van der Waals surface area contributed by atoms with Gasteiger partial charge in [-0.3, -0.25) is 0 Å². The van der Waals surface area contributed by atoms with Crippen LogP contribution in [0.2, 0.25) is 0 Å². The summed E-state index contributed by atoms with van der Waals surface area (Å²) in [6, 6.07) is 0.354. The average molecular weight is 289 g/mol. The number of rotatable bonds is 2. The molecule has 2 aromatic rings. The Hall–Kier alpha value is -1.89. The monoisotopic (exact) mass is 289 g/mol. The Morgan fingerprint density at radius 1 is 1.10 bits per heavy atom. The third kappa shape index (κ3) is 2.31. The molecule has 1 aliphatic rings. The maximum absolute atomic E-state index is 6.32. The van der Waals surface area contributed by atoms with E-state index < -0.39 is 0 Å². The fourth-order valence-corrected chi connectivity index (χ4v) is 3.28. The van der Waals surface area contributed by atoms with E-state index in [4.69, 9.17) is 22.2 Å². The van der Waals surface area contributed by atoms with Gasteiger partial charge in [-0.25, -0.2) is 4.98 Å². The lowest BCUT2D eigenvalue weighted by Crippen LogP contribution is -2.33. The SMILES string of the molecule is CC(C)n1c(C2CCCCC2N)nc2c(N)nc(N)nc21. The molecule has 0 amide bonds. The first-order valence-electron chi connectivity index (χ1n) is 7.55.